The summed E-state index contributed by atoms with van der Waals surface area (Å²) in [5.41, 5.74) is 1.10. The highest BCUT2D eigenvalue weighted by Gasteiger charge is 2.04. The van der Waals surface area contributed by atoms with Crippen molar-refractivity contribution in [2.45, 2.75) is 26.4 Å². The third-order valence-electron chi connectivity index (χ3n) is 3.89. The maximum Gasteiger partial charge on any atom is 0.191 e. The lowest BCUT2D eigenvalue weighted by Crippen LogP contribution is -2.38. The van der Waals surface area contributed by atoms with Crippen molar-refractivity contribution in [3.05, 3.63) is 54.5 Å². The zero-order valence-electron chi connectivity index (χ0n) is 15.0. The van der Waals surface area contributed by atoms with Crippen LogP contribution in [-0.2, 0) is 19.5 Å². The van der Waals surface area contributed by atoms with Gasteiger partial charge >= 0.3 is 0 Å². The van der Waals surface area contributed by atoms with E-state index in [0.717, 1.165) is 42.7 Å². The molecule has 26 heavy (non-hydrogen) atoms. The molecule has 0 aromatic carbocycles. The molecule has 0 aliphatic carbocycles. The first-order valence-electron chi connectivity index (χ1n) is 8.56. The zero-order chi connectivity index (χ0) is 18.2. The Bertz CT molecular complexity index is 836. The molecule has 0 saturated carbocycles. The first kappa shape index (κ1) is 17.6. The van der Waals surface area contributed by atoms with Gasteiger partial charge in [-0.15, -0.1) is 10.2 Å². The molecule has 2 N–H and O–H groups in total. The van der Waals surface area contributed by atoms with E-state index in [1.807, 2.05) is 29.0 Å². The molecule has 0 fully saturated rings. The summed E-state index contributed by atoms with van der Waals surface area (Å²) in [6.07, 6.45) is 8.01. The van der Waals surface area contributed by atoms with Crippen LogP contribution in [0.15, 0.2) is 48.1 Å². The summed E-state index contributed by atoms with van der Waals surface area (Å²) in [7, 11) is 1.76. The number of aromatic nitrogens is 6. The molecule has 0 aliphatic rings. The highest BCUT2D eigenvalue weighted by atomic mass is 15.3. The minimum absolute atomic E-state index is 0.642. The lowest BCUT2D eigenvalue weighted by Gasteiger charge is -2.13. The normalized spacial score (nSPS) is 11.5. The van der Waals surface area contributed by atoms with E-state index in [4.69, 9.17) is 0 Å². The number of hydrogen-bond donors (Lipinski definition) is 2. The monoisotopic (exact) mass is 353 g/mol. The summed E-state index contributed by atoms with van der Waals surface area (Å²) in [5.74, 6) is 2.52. The number of nitrogens with one attached hydrogen (secondary N) is 2. The third kappa shape index (κ3) is 4.44. The Morgan fingerprint density at radius 3 is 2.96 bits per heavy atom. The molecule has 0 amide bonds. The van der Waals surface area contributed by atoms with Crippen LogP contribution in [0, 0.1) is 0 Å². The van der Waals surface area contributed by atoms with E-state index in [9.17, 15) is 0 Å². The number of hydrogen-bond acceptors (Lipinski definition) is 5. The van der Waals surface area contributed by atoms with E-state index in [1.165, 1.54) is 0 Å². The Hall–Kier alpha value is -3.23. The van der Waals surface area contributed by atoms with Gasteiger partial charge in [-0.3, -0.25) is 4.99 Å². The second-order valence-corrected chi connectivity index (χ2v) is 5.62. The van der Waals surface area contributed by atoms with Gasteiger partial charge in [0.25, 0.3) is 0 Å². The van der Waals surface area contributed by atoms with Gasteiger partial charge in [0.2, 0.25) is 0 Å². The van der Waals surface area contributed by atoms with Gasteiger partial charge in [0, 0.05) is 51.7 Å². The van der Waals surface area contributed by atoms with Crippen molar-refractivity contribution in [3.8, 4) is 5.82 Å². The van der Waals surface area contributed by atoms with Crippen LogP contribution in [0.3, 0.4) is 0 Å². The van der Waals surface area contributed by atoms with Gasteiger partial charge in [0.1, 0.15) is 12.2 Å². The van der Waals surface area contributed by atoms with Crippen molar-refractivity contribution in [1.29, 1.82) is 0 Å². The molecule has 3 aromatic rings. The van der Waals surface area contributed by atoms with E-state index >= 15 is 0 Å². The van der Waals surface area contributed by atoms with Crippen LogP contribution in [0.25, 0.3) is 5.82 Å². The topological polar surface area (TPSA) is 97.8 Å². The minimum atomic E-state index is 0.642. The van der Waals surface area contributed by atoms with Crippen molar-refractivity contribution in [1.82, 2.24) is 40.2 Å². The Morgan fingerprint density at radius 1 is 1.27 bits per heavy atom. The largest absolute Gasteiger partial charge is 0.355 e. The molecular weight excluding hydrogens is 330 g/mol. The Labute approximate surface area is 152 Å². The van der Waals surface area contributed by atoms with Gasteiger partial charge in [-0.2, -0.15) is 5.10 Å². The Balaban J connectivity index is 1.51. The third-order valence-corrected chi connectivity index (χ3v) is 3.89. The fraction of sp³-hybridized carbons (Fsp3) is 0.353. The maximum absolute atomic E-state index is 4.34. The van der Waals surface area contributed by atoms with E-state index in [2.05, 4.69) is 42.8 Å². The molecule has 3 rings (SSSR count). The number of pyridine rings is 1. The highest BCUT2D eigenvalue weighted by Crippen LogP contribution is 2.05. The smallest absolute Gasteiger partial charge is 0.191 e. The van der Waals surface area contributed by atoms with E-state index < -0.39 is 0 Å². The van der Waals surface area contributed by atoms with Gasteiger partial charge in [-0.05, 0) is 23.8 Å². The molecule has 9 nitrogen and oxygen atoms in total. The molecule has 3 heterocycles. The zero-order valence-corrected chi connectivity index (χ0v) is 15.0. The van der Waals surface area contributed by atoms with Crippen LogP contribution in [-0.4, -0.2) is 49.1 Å². The predicted octanol–water partition coefficient (Wildman–Crippen LogP) is 0.786. The standard InChI is InChI=1S/C17H23N9/c1-3-15-24-22-13-25(15)10-8-20-17(18-2)21-12-14-5-7-19-16(11-14)26-9-4-6-23-26/h4-7,9,11,13H,3,8,10,12H2,1-2H3,(H2,18,20,21). The van der Waals surface area contributed by atoms with E-state index in [-0.39, 0.29) is 0 Å². The molecular formula is C17H23N9. The summed E-state index contributed by atoms with van der Waals surface area (Å²) < 4.78 is 3.78. The van der Waals surface area contributed by atoms with Gasteiger partial charge in [-0.25, -0.2) is 9.67 Å². The summed E-state index contributed by atoms with van der Waals surface area (Å²) in [5, 5.41) is 18.8. The van der Waals surface area contributed by atoms with Crippen molar-refractivity contribution in [2.75, 3.05) is 13.6 Å². The number of aryl methyl sites for hydroxylation is 1. The molecule has 3 aromatic heterocycles. The van der Waals surface area contributed by atoms with Crippen molar-refractivity contribution in [3.63, 3.8) is 0 Å². The van der Waals surface area contributed by atoms with Crippen molar-refractivity contribution >= 4 is 5.96 Å². The van der Waals surface area contributed by atoms with Gasteiger partial charge in [-0.1, -0.05) is 6.92 Å². The first-order chi connectivity index (χ1) is 12.8. The maximum atomic E-state index is 4.34. The molecule has 0 bridgehead atoms. The molecule has 9 heteroatoms. The summed E-state index contributed by atoms with van der Waals surface area (Å²) in [6, 6.07) is 5.84. The van der Waals surface area contributed by atoms with Crippen LogP contribution in [0.2, 0.25) is 0 Å². The fourth-order valence-corrected chi connectivity index (χ4v) is 2.54. The summed E-state index contributed by atoms with van der Waals surface area (Å²) in [4.78, 5) is 8.59. The molecule has 136 valence electrons. The number of rotatable bonds is 7. The number of nitrogens with zero attached hydrogens (tertiary/aromatic N) is 7. The summed E-state index contributed by atoms with van der Waals surface area (Å²) in [6.45, 7) is 4.24. The van der Waals surface area contributed by atoms with Crippen LogP contribution < -0.4 is 10.6 Å². The fourth-order valence-electron chi connectivity index (χ4n) is 2.54. The van der Waals surface area contributed by atoms with Crippen LogP contribution >= 0.6 is 0 Å². The predicted molar refractivity (Wildman–Crippen MR) is 99.0 cm³/mol. The molecule has 0 spiro atoms. The lowest BCUT2D eigenvalue weighted by atomic mass is 10.2. The first-order valence-corrected chi connectivity index (χ1v) is 8.56. The molecule has 0 unspecified atom stereocenters. The van der Waals surface area contributed by atoms with E-state index in [1.54, 1.807) is 30.5 Å². The minimum Gasteiger partial charge on any atom is -0.355 e. The van der Waals surface area contributed by atoms with Crippen LogP contribution in [0.4, 0.5) is 0 Å². The number of guanidine groups is 1. The van der Waals surface area contributed by atoms with Crippen LogP contribution in [0.5, 0.6) is 0 Å². The number of aliphatic imine (C=N–C) groups is 1. The van der Waals surface area contributed by atoms with Crippen molar-refractivity contribution < 1.29 is 0 Å². The second kappa shape index (κ2) is 8.75. The van der Waals surface area contributed by atoms with Crippen molar-refractivity contribution in [2.24, 2.45) is 4.99 Å². The van der Waals surface area contributed by atoms with Gasteiger partial charge in [0.05, 0.1) is 0 Å². The summed E-state index contributed by atoms with van der Waals surface area (Å²) >= 11 is 0. The van der Waals surface area contributed by atoms with Gasteiger partial charge in [0.15, 0.2) is 11.8 Å². The Morgan fingerprint density at radius 2 is 2.19 bits per heavy atom. The van der Waals surface area contributed by atoms with Crippen LogP contribution in [0.1, 0.15) is 18.3 Å². The molecule has 0 aliphatic heterocycles. The van der Waals surface area contributed by atoms with E-state index in [0.29, 0.717) is 6.54 Å². The molecule has 0 radical (unpaired) electrons. The quantitative estimate of drug-likeness (QED) is 0.481. The highest BCUT2D eigenvalue weighted by molar-refractivity contribution is 5.79. The molecule has 0 saturated heterocycles. The average molecular weight is 353 g/mol. The second-order valence-electron chi connectivity index (χ2n) is 5.62. The molecule has 0 atom stereocenters. The SMILES string of the molecule is CCc1nncn1CCNC(=NC)NCc1ccnc(-n2cccn2)c1. The lowest BCUT2D eigenvalue weighted by molar-refractivity contribution is 0.632. The average Bonchev–Trinajstić information content (AvgIpc) is 3.36. The van der Waals surface area contributed by atoms with Gasteiger partial charge < -0.3 is 15.2 Å². The Kier molecular flexibility index (Phi) is 5.92.